The summed E-state index contributed by atoms with van der Waals surface area (Å²) in [5, 5.41) is 8.20. The summed E-state index contributed by atoms with van der Waals surface area (Å²) in [5.41, 5.74) is -1.45. The van der Waals surface area contributed by atoms with Crippen molar-refractivity contribution in [2.75, 3.05) is 0 Å². The Kier molecular flexibility index (Phi) is 2.77. The number of alkyl halides is 2. The quantitative estimate of drug-likeness (QED) is 0.810. The highest BCUT2D eigenvalue weighted by Gasteiger charge is 2.22. The molecule has 1 aromatic heterocycles. The Morgan fingerprint density at radius 3 is 2.62 bits per heavy atom. The van der Waals surface area contributed by atoms with E-state index in [4.69, 9.17) is 16.7 Å². The highest BCUT2D eigenvalue weighted by Crippen LogP contribution is 2.28. The van der Waals surface area contributed by atoms with E-state index in [1.807, 2.05) is 0 Å². The average molecular weight is 208 g/mol. The summed E-state index contributed by atoms with van der Waals surface area (Å²) in [6.07, 6.45) is -1.87. The maximum absolute atomic E-state index is 12.3. The second-order valence-corrected chi connectivity index (χ2v) is 2.57. The molecule has 1 heterocycles. The number of nitrogens with zero attached hydrogens (tertiary/aromatic N) is 1. The Bertz CT molecular complexity index is 343. The molecule has 1 aromatic rings. The molecule has 0 saturated heterocycles. The van der Waals surface area contributed by atoms with Gasteiger partial charge in [0.15, 0.2) is 5.69 Å². The first kappa shape index (κ1) is 9.85. The van der Waals surface area contributed by atoms with Crippen molar-refractivity contribution in [2.45, 2.75) is 6.43 Å². The Morgan fingerprint density at radius 1 is 1.62 bits per heavy atom. The number of rotatable bonds is 2. The van der Waals surface area contributed by atoms with Crippen molar-refractivity contribution in [3.63, 3.8) is 0 Å². The van der Waals surface area contributed by atoms with Crippen molar-refractivity contribution in [2.24, 2.45) is 0 Å². The molecule has 0 aliphatic rings. The molecule has 6 heteroatoms. The zero-order chi connectivity index (χ0) is 10.0. The van der Waals surface area contributed by atoms with Gasteiger partial charge in [0.25, 0.3) is 6.43 Å². The highest BCUT2D eigenvalue weighted by molar-refractivity contribution is 6.31. The lowest BCUT2D eigenvalue weighted by Gasteiger charge is -2.04. The van der Waals surface area contributed by atoms with Crippen molar-refractivity contribution in [3.05, 3.63) is 28.5 Å². The van der Waals surface area contributed by atoms with E-state index in [1.165, 1.54) is 0 Å². The third-order valence-corrected chi connectivity index (χ3v) is 1.69. The third kappa shape index (κ3) is 1.92. The van der Waals surface area contributed by atoms with Gasteiger partial charge in [-0.2, -0.15) is 0 Å². The van der Waals surface area contributed by atoms with Gasteiger partial charge in [0.1, 0.15) is 0 Å². The van der Waals surface area contributed by atoms with Crippen LogP contribution in [0.3, 0.4) is 0 Å². The summed E-state index contributed by atoms with van der Waals surface area (Å²) in [5.74, 6) is -1.52. The molecule has 3 nitrogen and oxygen atoms in total. The van der Waals surface area contributed by atoms with E-state index in [9.17, 15) is 13.6 Å². The summed E-state index contributed by atoms with van der Waals surface area (Å²) >= 11 is 5.39. The van der Waals surface area contributed by atoms with Gasteiger partial charge in [-0.25, -0.2) is 18.6 Å². The van der Waals surface area contributed by atoms with Crippen LogP contribution in [0.5, 0.6) is 0 Å². The van der Waals surface area contributed by atoms with Crippen molar-refractivity contribution in [1.82, 2.24) is 4.98 Å². The van der Waals surface area contributed by atoms with Crippen molar-refractivity contribution >= 4 is 17.6 Å². The van der Waals surface area contributed by atoms with Gasteiger partial charge in [0, 0.05) is 6.20 Å². The zero-order valence-corrected chi connectivity index (χ0v) is 6.92. The third-order valence-electron chi connectivity index (χ3n) is 1.36. The smallest absolute Gasteiger partial charge is 0.355 e. The molecule has 0 aliphatic heterocycles. The van der Waals surface area contributed by atoms with E-state index < -0.39 is 23.7 Å². The summed E-state index contributed by atoms with van der Waals surface area (Å²) in [4.78, 5) is 13.7. The maximum atomic E-state index is 12.3. The zero-order valence-electron chi connectivity index (χ0n) is 6.17. The molecule has 70 valence electrons. The molecule has 0 saturated carbocycles. The molecule has 0 fully saturated rings. The number of hydrogen-bond donors (Lipinski definition) is 1. The summed E-state index contributed by atoms with van der Waals surface area (Å²) in [6.45, 7) is 0. The van der Waals surface area contributed by atoms with E-state index >= 15 is 0 Å². The first-order valence-electron chi connectivity index (χ1n) is 3.20. The molecule has 0 amide bonds. The number of halogens is 3. The molecule has 13 heavy (non-hydrogen) atoms. The Hall–Kier alpha value is -1.23. The van der Waals surface area contributed by atoms with Gasteiger partial charge in [0.2, 0.25) is 0 Å². The number of pyridine rings is 1. The van der Waals surface area contributed by atoms with Crippen LogP contribution in [0.25, 0.3) is 0 Å². The number of aromatic carboxylic acids is 1. The first-order chi connectivity index (χ1) is 6.04. The van der Waals surface area contributed by atoms with Crippen LogP contribution in [0.1, 0.15) is 22.5 Å². The number of aromatic nitrogens is 1. The van der Waals surface area contributed by atoms with Gasteiger partial charge >= 0.3 is 5.97 Å². The Labute approximate surface area is 77.0 Å². The fourth-order valence-corrected chi connectivity index (χ4v) is 1.06. The molecule has 0 radical (unpaired) electrons. The van der Waals surface area contributed by atoms with Gasteiger partial charge < -0.3 is 5.11 Å². The first-order valence-corrected chi connectivity index (χ1v) is 3.57. The van der Waals surface area contributed by atoms with E-state index in [0.29, 0.717) is 0 Å². The van der Waals surface area contributed by atoms with Gasteiger partial charge in [0.05, 0.1) is 10.6 Å². The van der Waals surface area contributed by atoms with Gasteiger partial charge in [-0.1, -0.05) is 11.6 Å². The van der Waals surface area contributed by atoms with Crippen LogP contribution < -0.4 is 0 Å². The molecule has 0 spiro atoms. The molecule has 1 rings (SSSR count). The molecular formula is C7H4ClF2NO2. The van der Waals surface area contributed by atoms with Crippen LogP contribution >= 0.6 is 11.6 Å². The van der Waals surface area contributed by atoms with Crippen LogP contribution in [-0.2, 0) is 0 Å². The number of hydrogen-bond acceptors (Lipinski definition) is 2. The number of carboxylic acids is 1. The fourth-order valence-electron chi connectivity index (χ4n) is 0.828. The van der Waals surface area contributed by atoms with Gasteiger partial charge in [-0.15, -0.1) is 0 Å². The van der Waals surface area contributed by atoms with Crippen LogP contribution in [0.15, 0.2) is 12.3 Å². The van der Waals surface area contributed by atoms with Crippen molar-refractivity contribution in [3.8, 4) is 0 Å². The lowest BCUT2D eigenvalue weighted by atomic mass is 10.2. The van der Waals surface area contributed by atoms with Gasteiger partial charge in [-0.3, -0.25) is 0 Å². The maximum Gasteiger partial charge on any atom is 0.355 e. The van der Waals surface area contributed by atoms with Crippen LogP contribution in [0.4, 0.5) is 8.78 Å². The minimum Gasteiger partial charge on any atom is -0.476 e. The molecule has 0 unspecified atom stereocenters. The predicted octanol–water partition coefficient (Wildman–Crippen LogP) is 2.37. The summed E-state index contributed by atoms with van der Waals surface area (Å²) in [6, 6.07) is 1.12. The highest BCUT2D eigenvalue weighted by atomic mass is 35.5. The van der Waals surface area contributed by atoms with E-state index in [2.05, 4.69) is 4.98 Å². The van der Waals surface area contributed by atoms with E-state index in [0.717, 1.165) is 12.3 Å². The van der Waals surface area contributed by atoms with Crippen molar-refractivity contribution in [1.29, 1.82) is 0 Å². The molecule has 0 aromatic carbocycles. The largest absolute Gasteiger partial charge is 0.476 e. The second-order valence-electron chi connectivity index (χ2n) is 2.16. The van der Waals surface area contributed by atoms with Gasteiger partial charge in [-0.05, 0) is 6.07 Å². The van der Waals surface area contributed by atoms with Crippen LogP contribution in [0.2, 0.25) is 5.02 Å². The molecule has 0 aliphatic carbocycles. The van der Waals surface area contributed by atoms with E-state index in [1.54, 1.807) is 0 Å². The molecule has 0 bridgehead atoms. The fraction of sp³-hybridized carbons (Fsp3) is 0.143. The standard InChI is InChI=1S/C7H4ClF2NO2/c8-3-1-2-11-5(7(12)13)4(3)6(9)10/h1-2,6H,(H,12,13). The second kappa shape index (κ2) is 3.66. The van der Waals surface area contributed by atoms with Crippen LogP contribution in [0, 0.1) is 0 Å². The average Bonchev–Trinajstić information content (AvgIpc) is 2.02. The topological polar surface area (TPSA) is 50.2 Å². The normalized spacial score (nSPS) is 10.5. The number of carboxylic acid groups (broad SMARTS) is 1. The number of carbonyl (C=O) groups is 1. The Morgan fingerprint density at radius 2 is 2.23 bits per heavy atom. The molecular weight excluding hydrogens is 204 g/mol. The monoisotopic (exact) mass is 207 g/mol. The molecule has 1 N–H and O–H groups in total. The van der Waals surface area contributed by atoms with E-state index in [-0.39, 0.29) is 5.02 Å². The lowest BCUT2D eigenvalue weighted by molar-refractivity contribution is 0.0677. The summed E-state index contributed by atoms with van der Waals surface area (Å²) < 4.78 is 24.5. The minimum absolute atomic E-state index is 0.289. The minimum atomic E-state index is -2.94. The van der Waals surface area contributed by atoms with Crippen LogP contribution in [-0.4, -0.2) is 16.1 Å². The van der Waals surface area contributed by atoms with Crippen molar-refractivity contribution < 1.29 is 18.7 Å². The predicted molar refractivity (Wildman–Crippen MR) is 41.2 cm³/mol. The lowest BCUT2D eigenvalue weighted by Crippen LogP contribution is -2.06. The Balaban J connectivity index is 3.34. The summed E-state index contributed by atoms with van der Waals surface area (Å²) in [7, 11) is 0. The SMILES string of the molecule is O=C(O)c1nccc(Cl)c1C(F)F. The molecule has 0 atom stereocenters.